The molecule has 0 spiro atoms. The first-order chi connectivity index (χ1) is 49.3. The van der Waals surface area contributed by atoms with Crippen molar-refractivity contribution in [3.63, 3.8) is 0 Å². The van der Waals surface area contributed by atoms with Crippen LogP contribution in [0.5, 0.6) is 0 Å². The molecule has 0 heterocycles. The minimum Gasteiger partial charge on any atom is -0.379 e. The van der Waals surface area contributed by atoms with Gasteiger partial charge in [-0.2, -0.15) is 0 Å². The van der Waals surface area contributed by atoms with E-state index < -0.39 is 0 Å². The van der Waals surface area contributed by atoms with Crippen molar-refractivity contribution < 1.29 is 28.4 Å². The average molecular weight is 1410 g/mol. The van der Waals surface area contributed by atoms with Crippen LogP contribution < -0.4 is 0 Å². The molecule has 0 saturated heterocycles. The molecule has 0 radical (unpaired) electrons. The maximum Gasteiger partial charge on any atom is 0.104 e. The molecule has 590 valence electrons. The topological polar surface area (TPSA) is 55.4 Å². The predicted molar refractivity (Wildman–Crippen MR) is 440 cm³/mol. The summed E-state index contributed by atoms with van der Waals surface area (Å²) in [4.78, 5) is 0. The molecule has 0 bridgehead atoms. The van der Waals surface area contributed by atoms with Gasteiger partial charge in [0, 0.05) is 26.4 Å². The van der Waals surface area contributed by atoms with E-state index in [0.29, 0.717) is 51.5 Å². The first kappa shape index (κ1) is 93.4. The summed E-state index contributed by atoms with van der Waals surface area (Å²) in [6, 6.07) is 21.0. The number of hydrogen-bond acceptors (Lipinski definition) is 6. The molecule has 6 heteroatoms. The van der Waals surface area contributed by atoms with Crippen molar-refractivity contribution in [3.05, 3.63) is 71.8 Å². The van der Waals surface area contributed by atoms with Crippen LogP contribution in [0, 0.1) is 59.2 Å². The van der Waals surface area contributed by atoms with Crippen molar-refractivity contribution in [3.8, 4) is 0 Å². The first-order valence-electron chi connectivity index (χ1n) is 45.0. The zero-order valence-corrected chi connectivity index (χ0v) is 69.3. The van der Waals surface area contributed by atoms with Crippen molar-refractivity contribution in [1.29, 1.82) is 0 Å². The fourth-order valence-electron chi connectivity index (χ4n) is 16.1. The highest BCUT2D eigenvalue weighted by molar-refractivity contribution is 5.14. The second-order valence-corrected chi connectivity index (χ2v) is 35.0. The summed E-state index contributed by atoms with van der Waals surface area (Å²) in [6.45, 7) is 31.1. The Bertz CT molecular complexity index is 1840. The highest BCUT2D eigenvalue weighted by Crippen LogP contribution is 2.37. The monoisotopic (exact) mass is 1410 g/mol. The second kappa shape index (κ2) is 67.5. The molecule has 0 aliphatic heterocycles. The van der Waals surface area contributed by atoms with E-state index in [1.807, 2.05) is 0 Å². The smallest absolute Gasteiger partial charge is 0.104 e. The number of unbranched alkanes of at least 4 members (excludes halogenated alkanes) is 24. The third-order valence-corrected chi connectivity index (χ3v) is 23.4. The van der Waals surface area contributed by atoms with Crippen molar-refractivity contribution >= 4 is 0 Å². The second-order valence-electron chi connectivity index (χ2n) is 35.0. The maximum atomic E-state index is 6.45. The highest BCUT2D eigenvalue weighted by Gasteiger charge is 2.24. The highest BCUT2D eigenvalue weighted by atomic mass is 16.6. The van der Waals surface area contributed by atoms with Gasteiger partial charge < -0.3 is 28.4 Å². The van der Waals surface area contributed by atoms with Gasteiger partial charge >= 0.3 is 0 Å². The molecule has 0 aromatic heterocycles. The van der Waals surface area contributed by atoms with E-state index >= 15 is 0 Å². The zero-order chi connectivity index (χ0) is 72.5. The van der Waals surface area contributed by atoms with E-state index in [0.717, 1.165) is 99.5 Å². The molecule has 1 saturated carbocycles. The molecule has 2 aromatic carbocycles. The molecule has 10 atom stereocenters. The lowest BCUT2D eigenvalue weighted by molar-refractivity contribution is -0.0662. The van der Waals surface area contributed by atoms with Gasteiger partial charge in [-0.05, 0) is 102 Å². The average Bonchev–Trinajstić information content (AvgIpc) is 1.91. The van der Waals surface area contributed by atoms with Crippen LogP contribution in [0.3, 0.4) is 0 Å². The van der Waals surface area contributed by atoms with Gasteiger partial charge in [0.25, 0.3) is 0 Å². The van der Waals surface area contributed by atoms with E-state index in [4.69, 9.17) is 28.4 Å². The van der Waals surface area contributed by atoms with Crippen LogP contribution in [0.1, 0.15) is 408 Å². The van der Waals surface area contributed by atoms with Gasteiger partial charge in [0.2, 0.25) is 0 Å². The molecule has 2 aromatic rings. The largest absolute Gasteiger partial charge is 0.379 e. The summed E-state index contributed by atoms with van der Waals surface area (Å²) in [7, 11) is 0. The van der Waals surface area contributed by atoms with Crippen LogP contribution in [0.2, 0.25) is 0 Å². The molecule has 101 heavy (non-hydrogen) atoms. The normalized spacial score (nSPS) is 16.7. The van der Waals surface area contributed by atoms with Crippen LogP contribution in [-0.2, 0) is 41.6 Å². The Hall–Kier alpha value is -1.80. The Labute approximate surface area is 630 Å². The van der Waals surface area contributed by atoms with Gasteiger partial charge in [-0.1, -0.05) is 425 Å². The SMILES string of the molecule is CC(C)CCC[C@@H](C)CCC[C@@H](C)CCC[C@@H](C)CCO[C@@H](COCCCCCCCCCCCCCCC[C@@H]1CC[C@H](CCCCCCCCCCCCCCCOC[C@@H](COCc2ccccc2)OCC[C@H](C)CCC[C@H](C)CCC[C@H](C)CCCC(C)C)C1)COCc1ccccc1. The Balaban J connectivity index is 1.05. The van der Waals surface area contributed by atoms with E-state index in [-0.39, 0.29) is 12.2 Å². The van der Waals surface area contributed by atoms with E-state index in [1.165, 1.54) is 306 Å². The molecule has 1 aliphatic carbocycles. The fraction of sp³-hybridized carbons (Fsp3) is 0.874. The summed E-state index contributed by atoms with van der Waals surface area (Å²) in [5, 5.41) is 0. The van der Waals surface area contributed by atoms with Crippen molar-refractivity contribution in [1.82, 2.24) is 0 Å². The summed E-state index contributed by atoms with van der Waals surface area (Å²) >= 11 is 0. The Morgan fingerprint density at radius 1 is 0.257 bits per heavy atom. The lowest BCUT2D eigenvalue weighted by Gasteiger charge is -2.20. The number of hydrogen-bond donors (Lipinski definition) is 0. The van der Waals surface area contributed by atoms with Gasteiger partial charge in [-0.3, -0.25) is 0 Å². The summed E-state index contributed by atoms with van der Waals surface area (Å²) in [5.41, 5.74) is 2.43. The van der Waals surface area contributed by atoms with Gasteiger partial charge in [0.05, 0.1) is 39.6 Å². The molecule has 1 fully saturated rings. The predicted octanol–water partition coefficient (Wildman–Crippen LogP) is 29.5. The molecule has 0 N–H and O–H groups in total. The number of benzene rings is 2. The molecular formula is C95H174O6. The van der Waals surface area contributed by atoms with Gasteiger partial charge in [0.1, 0.15) is 12.2 Å². The summed E-state index contributed by atoms with van der Waals surface area (Å²) in [6.07, 6.45) is 71.0. The van der Waals surface area contributed by atoms with E-state index in [2.05, 4.69) is 130 Å². The van der Waals surface area contributed by atoms with Crippen LogP contribution in [-0.4, -0.2) is 65.1 Å². The van der Waals surface area contributed by atoms with Crippen LogP contribution in [0.25, 0.3) is 0 Å². The standard InChI is InChI=1S/C95H174O6/c1-82(2)49-43-51-84(5)53-45-55-86(7)57-47-59-88(9)69-73-100-94(80-98-76-92-63-37-33-38-64-92)78-96-71-41-31-27-23-19-15-11-13-17-21-25-29-35-61-90-67-68-91(75-90)62-36-30-26-22-18-14-12-16-20-24-28-32-42-72-97-79-95(81-99-77-93-65-39-34-40-66-93)101-74-70-89(10)60-48-58-87(8)56-46-54-85(6)52-44-50-83(3)4/h33-34,37-40,63-66,82-91,94-95H,11-32,35-36,41-62,67-81H2,1-10H3/t84-,85-,86-,87-,88-,89-,90-,91+,94+,95+/m1/s1. The van der Waals surface area contributed by atoms with Crippen molar-refractivity contribution in [2.45, 2.75) is 422 Å². The summed E-state index contributed by atoms with van der Waals surface area (Å²) in [5.74, 6) is 8.63. The first-order valence-corrected chi connectivity index (χ1v) is 45.0. The Kier molecular flexibility index (Phi) is 62.5. The third kappa shape index (κ3) is 59.9. The minimum atomic E-state index is -0.00149. The molecule has 0 unspecified atom stereocenters. The zero-order valence-electron chi connectivity index (χ0n) is 69.3. The van der Waals surface area contributed by atoms with Crippen LogP contribution >= 0.6 is 0 Å². The third-order valence-electron chi connectivity index (χ3n) is 23.4. The summed E-state index contributed by atoms with van der Waals surface area (Å²) < 4.78 is 37.7. The maximum absolute atomic E-state index is 6.45. The number of rotatable bonds is 76. The lowest BCUT2D eigenvalue weighted by atomic mass is 9.91. The molecular weight excluding hydrogens is 1240 g/mol. The van der Waals surface area contributed by atoms with Crippen molar-refractivity contribution in [2.75, 3.05) is 52.9 Å². The Morgan fingerprint density at radius 2 is 0.505 bits per heavy atom. The van der Waals surface area contributed by atoms with E-state index in [9.17, 15) is 0 Å². The molecule has 0 amide bonds. The van der Waals surface area contributed by atoms with Gasteiger partial charge in [0.15, 0.2) is 0 Å². The van der Waals surface area contributed by atoms with Gasteiger partial charge in [-0.15, -0.1) is 0 Å². The molecule has 6 nitrogen and oxygen atoms in total. The van der Waals surface area contributed by atoms with E-state index in [1.54, 1.807) is 6.42 Å². The molecule has 3 rings (SSSR count). The minimum absolute atomic E-state index is 0.00149. The van der Waals surface area contributed by atoms with Crippen molar-refractivity contribution in [2.24, 2.45) is 59.2 Å². The quantitative estimate of drug-likeness (QED) is 0.0615. The molecule has 1 aliphatic rings. The lowest BCUT2D eigenvalue weighted by Crippen LogP contribution is -2.27. The van der Waals surface area contributed by atoms with Crippen LogP contribution in [0.15, 0.2) is 60.7 Å². The fourth-order valence-corrected chi connectivity index (χ4v) is 16.1. The number of ether oxygens (including phenoxy) is 6. The van der Waals surface area contributed by atoms with Crippen LogP contribution in [0.4, 0.5) is 0 Å². The Morgan fingerprint density at radius 3 is 0.792 bits per heavy atom. The van der Waals surface area contributed by atoms with Gasteiger partial charge in [-0.25, -0.2) is 0 Å².